The first kappa shape index (κ1) is 32.0. The fourth-order valence-corrected chi connectivity index (χ4v) is 28.5. The molecule has 0 nitrogen and oxygen atoms in total. The van der Waals surface area contributed by atoms with Crippen LogP contribution >= 0.6 is 24.8 Å². The molecule has 0 spiro atoms. The molecule has 4 aromatic carbocycles. The Hall–Kier alpha value is -1.96. The fraction of sp³-hybridized carbons (Fsp3) is 0.243. The molecule has 6 rings (SSSR count). The molecule has 2 unspecified atom stereocenters. The van der Waals surface area contributed by atoms with Crippen molar-refractivity contribution in [1.82, 2.24) is 0 Å². The fourth-order valence-electron chi connectivity index (χ4n) is 7.92. The minimum Gasteiger partial charge on any atom is -0.147 e. The first-order valence-electron chi connectivity index (χ1n) is 14.4. The van der Waals surface area contributed by atoms with Crippen LogP contribution < -0.4 is 0 Å². The third-order valence-electron chi connectivity index (χ3n) is 9.32. The van der Waals surface area contributed by atoms with E-state index in [-0.39, 0.29) is 24.8 Å². The van der Waals surface area contributed by atoms with Gasteiger partial charge in [-0.1, -0.05) is 0 Å². The van der Waals surface area contributed by atoms with E-state index in [0.29, 0.717) is 13.2 Å². The van der Waals surface area contributed by atoms with Gasteiger partial charge in [-0.05, 0) is 0 Å². The molecule has 0 aromatic heterocycles. The molecule has 2 atom stereocenters. The average molecular weight is 677 g/mol. The summed E-state index contributed by atoms with van der Waals surface area (Å²) in [7, 11) is 0. The maximum atomic E-state index is 2.76. The van der Waals surface area contributed by atoms with Crippen LogP contribution in [0.15, 0.2) is 102 Å². The number of fused-ring (bicyclic) bond motifs is 2. The van der Waals surface area contributed by atoms with Gasteiger partial charge in [0.1, 0.15) is 0 Å². The van der Waals surface area contributed by atoms with Crippen LogP contribution in [0.2, 0.25) is 9.26 Å². The van der Waals surface area contributed by atoms with Crippen molar-refractivity contribution in [3.63, 3.8) is 0 Å². The third-order valence-corrected chi connectivity index (χ3v) is 26.9. The zero-order valence-corrected chi connectivity index (χ0v) is 30.6. The van der Waals surface area contributed by atoms with Crippen LogP contribution in [0.25, 0.3) is 34.4 Å². The van der Waals surface area contributed by atoms with Crippen LogP contribution in [0, 0.1) is 12.8 Å². The minimum atomic E-state index is -3.61. The van der Waals surface area contributed by atoms with E-state index < -0.39 is 17.4 Å². The summed E-state index contributed by atoms with van der Waals surface area (Å²) in [6.07, 6.45) is 5.12. The average Bonchev–Trinajstić information content (AvgIpc) is 3.48. The molecule has 0 radical (unpaired) electrons. The molecule has 2 aliphatic carbocycles. The normalized spacial score (nSPS) is 17.7. The third kappa shape index (κ3) is 5.36. The summed E-state index contributed by atoms with van der Waals surface area (Å²) in [5.41, 5.74) is 16.1. The van der Waals surface area contributed by atoms with Crippen LogP contribution in [-0.2, 0) is 17.4 Å². The molecular weight excluding hydrogens is 635 g/mol. The van der Waals surface area contributed by atoms with Crippen LogP contribution in [0.3, 0.4) is 0 Å². The molecule has 0 heterocycles. The van der Waals surface area contributed by atoms with Gasteiger partial charge in [0.15, 0.2) is 0 Å². The number of aryl methyl sites for hydroxylation is 1. The van der Waals surface area contributed by atoms with Crippen molar-refractivity contribution in [2.45, 2.75) is 44.2 Å². The second-order valence-corrected chi connectivity index (χ2v) is 43.8. The van der Waals surface area contributed by atoms with E-state index in [2.05, 4.69) is 147 Å². The van der Waals surface area contributed by atoms with Crippen molar-refractivity contribution in [2.24, 2.45) is 5.92 Å². The SMILES string of the molecule is CC1=Cc2c(-c3ccccc3)cc(C)cc2[CH]1[Zr]([CH3])([CH3])(=[SiH2])[CH]1C(C(C)C)=Cc2c(-c3ccccc3)cccc21.Cl.Cl. The summed E-state index contributed by atoms with van der Waals surface area (Å²) < 4.78 is 6.57. The Morgan fingerprint density at radius 1 is 0.634 bits per heavy atom. The number of benzene rings is 4. The Morgan fingerprint density at radius 2 is 1.20 bits per heavy atom. The molecule has 0 saturated carbocycles. The number of allylic oxidation sites excluding steroid dienone is 2. The summed E-state index contributed by atoms with van der Waals surface area (Å²) in [5, 5.41) is 0. The predicted octanol–water partition coefficient (Wildman–Crippen LogP) is 10.8. The Balaban J connectivity index is 0.00000194. The van der Waals surface area contributed by atoms with Gasteiger partial charge in [0.25, 0.3) is 0 Å². The van der Waals surface area contributed by atoms with Crippen molar-refractivity contribution in [2.75, 3.05) is 0 Å². The van der Waals surface area contributed by atoms with Gasteiger partial charge in [-0.3, -0.25) is 0 Å². The Kier molecular flexibility index (Phi) is 9.05. The molecule has 0 aliphatic heterocycles. The van der Waals surface area contributed by atoms with Crippen molar-refractivity contribution in [1.29, 1.82) is 0 Å². The summed E-state index contributed by atoms with van der Waals surface area (Å²) in [5.74, 6) is 0.520. The van der Waals surface area contributed by atoms with Gasteiger partial charge in [0.05, 0.1) is 0 Å². The quantitative estimate of drug-likeness (QED) is 0.185. The molecule has 4 aromatic rings. The van der Waals surface area contributed by atoms with Gasteiger partial charge < -0.3 is 0 Å². The second kappa shape index (κ2) is 11.6. The second-order valence-electron chi connectivity index (χ2n) is 13.3. The van der Waals surface area contributed by atoms with E-state index in [1.165, 1.54) is 38.9 Å². The van der Waals surface area contributed by atoms with Crippen LogP contribution in [0.5, 0.6) is 0 Å². The number of hydrogen-bond donors (Lipinski definition) is 0. The molecule has 212 valence electrons. The summed E-state index contributed by atoms with van der Waals surface area (Å²) in [6.45, 7) is 12.0. The predicted molar refractivity (Wildman–Crippen MR) is 185 cm³/mol. The van der Waals surface area contributed by atoms with Crippen molar-refractivity contribution in [3.8, 4) is 22.3 Å². The molecule has 0 saturated heterocycles. The van der Waals surface area contributed by atoms with Crippen LogP contribution in [0.4, 0.5) is 0 Å². The van der Waals surface area contributed by atoms with Gasteiger partial charge in [0, 0.05) is 0 Å². The molecule has 0 bridgehead atoms. The Morgan fingerprint density at radius 3 is 1.78 bits per heavy atom. The zero-order chi connectivity index (χ0) is 27.6. The van der Waals surface area contributed by atoms with Crippen LogP contribution in [-0.4, -0.2) is 6.88 Å². The Labute approximate surface area is 261 Å². The summed E-state index contributed by atoms with van der Waals surface area (Å²) >= 11 is -3.61. The van der Waals surface area contributed by atoms with Crippen molar-refractivity contribution in [3.05, 3.63) is 130 Å². The topological polar surface area (TPSA) is 0 Å². The van der Waals surface area contributed by atoms with E-state index in [9.17, 15) is 0 Å². The van der Waals surface area contributed by atoms with E-state index in [0.717, 1.165) is 0 Å². The van der Waals surface area contributed by atoms with Gasteiger partial charge in [-0.2, -0.15) is 0 Å². The maximum absolute atomic E-state index is 3.61. The summed E-state index contributed by atoms with van der Waals surface area (Å²) in [4.78, 5) is 0. The number of rotatable bonds is 5. The van der Waals surface area contributed by atoms with Crippen molar-refractivity contribution >= 4 is 43.8 Å². The minimum absolute atomic E-state index is 0. The van der Waals surface area contributed by atoms with Gasteiger partial charge >= 0.3 is 239 Å². The van der Waals surface area contributed by atoms with E-state index in [1.807, 2.05) is 0 Å². The van der Waals surface area contributed by atoms with Crippen LogP contribution in [0.1, 0.15) is 55.8 Å². The molecule has 0 fully saturated rings. The van der Waals surface area contributed by atoms with E-state index >= 15 is 0 Å². The standard InChI is InChI=1S/C18H17.C17H15.2CH3.2ClH.H2Si.Zr/c1-13(2)16-11-15-9-6-10-17(18(15)12-16)14-7-4-3-5-8-14;1-12-8-15-9-13(2)11-17(15)16(10-12)14-6-4-3-5-7-14;;;;;;/h3-13H,1-2H3;3-11H,1-2H3;2*1H3;2*1H;1H2;. The molecule has 0 amide bonds. The Bertz CT molecular complexity index is 1730. The largest absolute Gasteiger partial charge is 0.147 e. The smallest absolute Gasteiger partial charge is 0.147 e. The van der Waals surface area contributed by atoms with E-state index in [4.69, 9.17) is 0 Å². The maximum Gasteiger partial charge on any atom is -0.147 e. The first-order chi connectivity index (χ1) is 18.5. The molecule has 4 heteroatoms. The van der Waals surface area contributed by atoms with Gasteiger partial charge in [-0.15, -0.1) is 24.8 Å². The molecular formula is C37H42Cl2SiZr. The van der Waals surface area contributed by atoms with Gasteiger partial charge in [0.2, 0.25) is 0 Å². The molecule has 0 N–H and O–H groups in total. The zero-order valence-electron chi connectivity index (χ0n) is 25.1. The number of halogens is 2. The first-order valence-corrected chi connectivity index (χ1v) is 28.1. The van der Waals surface area contributed by atoms with E-state index in [1.54, 1.807) is 22.3 Å². The molecule has 41 heavy (non-hydrogen) atoms. The monoisotopic (exact) mass is 674 g/mol. The van der Waals surface area contributed by atoms with Gasteiger partial charge in [-0.25, -0.2) is 0 Å². The van der Waals surface area contributed by atoms with Crippen molar-refractivity contribution < 1.29 is 17.4 Å². The summed E-state index contributed by atoms with van der Waals surface area (Å²) in [6, 6.07) is 33.9. The number of hydrogen-bond acceptors (Lipinski definition) is 0. The molecule has 2 aliphatic rings.